The van der Waals surface area contributed by atoms with E-state index in [1.54, 1.807) is 9.47 Å². The Balaban J connectivity index is 0.00000361. The van der Waals surface area contributed by atoms with Crippen molar-refractivity contribution in [3.05, 3.63) is 38.9 Å². The van der Waals surface area contributed by atoms with Gasteiger partial charge in [0.2, 0.25) is 11.3 Å². The minimum atomic E-state index is -3.25. The van der Waals surface area contributed by atoms with Crippen LogP contribution in [0.2, 0.25) is 5.02 Å². The Morgan fingerprint density at radius 3 is 2.58 bits per heavy atom. The highest BCUT2D eigenvalue weighted by atomic mass is 35.5. The summed E-state index contributed by atoms with van der Waals surface area (Å²) in [5.41, 5.74) is 4.94. The van der Waals surface area contributed by atoms with Crippen molar-refractivity contribution < 1.29 is 27.5 Å². The Kier molecular flexibility index (Phi) is 8.23. The highest BCUT2D eigenvalue weighted by Crippen LogP contribution is 2.42. The lowest BCUT2D eigenvalue weighted by molar-refractivity contribution is -0.122. The van der Waals surface area contributed by atoms with Gasteiger partial charge in [0.1, 0.15) is 21.2 Å². The molecule has 2 unspecified atom stereocenters. The molecule has 2 heterocycles. The highest BCUT2D eigenvalue weighted by molar-refractivity contribution is 7.90. The molecule has 0 bridgehead atoms. The zero-order valence-electron chi connectivity index (χ0n) is 19.4. The minimum absolute atomic E-state index is 0. The molecular weight excluding hydrogens is 538 g/mol. The number of rotatable bonds is 8. The van der Waals surface area contributed by atoms with Crippen LogP contribution in [0.15, 0.2) is 17.1 Å². The molecule has 1 aromatic carbocycles. The van der Waals surface area contributed by atoms with Gasteiger partial charge in [-0.1, -0.05) is 11.6 Å². The molecule has 36 heavy (non-hydrogen) atoms. The number of nitrogens with two attached hydrogens (primary N) is 1. The molecule has 1 aliphatic carbocycles. The fraction of sp³-hybridized carbons (Fsp3) is 0.500. The van der Waals surface area contributed by atoms with Crippen molar-refractivity contribution in [2.45, 2.75) is 43.8 Å². The number of sulfone groups is 1. The lowest BCUT2D eigenvalue weighted by Gasteiger charge is -2.24. The van der Waals surface area contributed by atoms with Crippen LogP contribution in [0.1, 0.15) is 42.1 Å². The predicted octanol–water partition coefficient (Wildman–Crippen LogP) is 1.71. The van der Waals surface area contributed by atoms with Crippen LogP contribution in [0.25, 0.3) is 10.9 Å². The van der Waals surface area contributed by atoms with E-state index in [-0.39, 0.29) is 64.8 Å². The van der Waals surface area contributed by atoms with Crippen LogP contribution in [0.4, 0.5) is 10.1 Å². The number of nitrogens with zero attached hydrogens (tertiary/aromatic N) is 2. The normalized spacial score (nSPS) is 18.7. The maximum absolute atomic E-state index is 15.2. The molecule has 4 N–H and O–H groups in total. The van der Waals surface area contributed by atoms with E-state index in [4.69, 9.17) is 17.3 Å². The summed E-state index contributed by atoms with van der Waals surface area (Å²) in [5, 5.41) is 12.1. The molecule has 0 radical (unpaired) electrons. The summed E-state index contributed by atoms with van der Waals surface area (Å²) in [6.07, 6.45) is 4.38. The van der Waals surface area contributed by atoms with E-state index in [9.17, 15) is 27.9 Å². The fourth-order valence-corrected chi connectivity index (χ4v) is 5.47. The van der Waals surface area contributed by atoms with Crippen molar-refractivity contribution in [3.63, 3.8) is 0 Å². The van der Waals surface area contributed by atoms with E-state index in [0.717, 1.165) is 25.2 Å². The van der Waals surface area contributed by atoms with Gasteiger partial charge in [0.15, 0.2) is 0 Å². The monoisotopic (exact) mass is 564 g/mol. The van der Waals surface area contributed by atoms with Gasteiger partial charge in [0.25, 0.3) is 0 Å². The third-order valence-electron chi connectivity index (χ3n) is 6.34. The first-order valence-electron chi connectivity index (χ1n) is 11.2. The summed E-state index contributed by atoms with van der Waals surface area (Å²) in [6.45, 7) is 0.597. The number of carboxylic acid groups (broad SMARTS) is 1. The summed E-state index contributed by atoms with van der Waals surface area (Å²) >= 11 is 6.64. The van der Waals surface area contributed by atoms with E-state index < -0.39 is 44.6 Å². The van der Waals surface area contributed by atoms with Crippen LogP contribution in [0, 0.1) is 5.82 Å². The summed E-state index contributed by atoms with van der Waals surface area (Å²) in [6, 6.07) is -0.350. The smallest absolute Gasteiger partial charge is 0.341 e. The van der Waals surface area contributed by atoms with Crippen LogP contribution in [0.3, 0.4) is 0 Å². The molecule has 1 amide bonds. The predicted molar refractivity (Wildman–Crippen MR) is 137 cm³/mol. The van der Waals surface area contributed by atoms with Gasteiger partial charge in [0.05, 0.1) is 33.4 Å². The third kappa shape index (κ3) is 5.77. The van der Waals surface area contributed by atoms with Crippen molar-refractivity contribution in [2.24, 2.45) is 5.73 Å². The number of aromatic carboxylic acids is 1. The number of fused-ring (bicyclic) bond motifs is 1. The quantitative estimate of drug-likeness (QED) is 0.438. The molecule has 198 valence electrons. The number of nitrogens with one attached hydrogen (secondary N) is 1. The minimum Gasteiger partial charge on any atom is -0.477 e. The number of anilines is 1. The third-order valence-corrected chi connectivity index (χ3v) is 7.68. The molecule has 2 atom stereocenters. The number of carbonyl (C=O) groups excluding carboxylic acids is 1. The van der Waals surface area contributed by atoms with Crippen molar-refractivity contribution in [1.82, 2.24) is 9.88 Å². The zero-order valence-corrected chi connectivity index (χ0v) is 21.8. The van der Waals surface area contributed by atoms with Crippen LogP contribution in [-0.2, 0) is 14.6 Å². The summed E-state index contributed by atoms with van der Waals surface area (Å²) in [5.74, 6) is -2.85. The van der Waals surface area contributed by atoms with E-state index in [0.29, 0.717) is 13.0 Å². The lowest BCUT2D eigenvalue weighted by atomic mass is 10.1. The van der Waals surface area contributed by atoms with Gasteiger partial charge in [-0.3, -0.25) is 9.59 Å². The second-order valence-corrected chi connectivity index (χ2v) is 11.8. The molecule has 4 rings (SSSR count). The summed E-state index contributed by atoms with van der Waals surface area (Å²) in [7, 11) is -3.25. The molecule has 1 saturated heterocycles. The van der Waals surface area contributed by atoms with Crippen LogP contribution < -0.4 is 21.4 Å². The van der Waals surface area contributed by atoms with E-state index in [1.807, 2.05) is 0 Å². The van der Waals surface area contributed by atoms with Crippen molar-refractivity contribution >= 4 is 62.3 Å². The second-order valence-electron chi connectivity index (χ2n) is 9.20. The number of aromatic nitrogens is 1. The number of benzene rings is 1. The Morgan fingerprint density at radius 1 is 1.33 bits per heavy atom. The molecule has 1 aliphatic heterocycles. The molecule has 2 aromatic rings. The van der Waals surface area contributed by atoms with E-state index >= 15 is 4.39 Å². The van der Waals surface area contributed by atoms with Crippen LogP contribution in [0.5, 0.6) is 0 Å². The van der Waals surface area contributed by atoms with Gasteiger partial charge < -0.3 is 25.6 Å². The van der Waals surface area contributed by atoms with Gasteiger partial charge in [-0.2, -0.15) is 0 Å². The summed E-state index contributed by atoms with van der Waals surface area (Å²) in [4.78, 5) is 38.3. The lowest BCUT2D eigenvalue weighted by Crippen LogP contribution is -2.47. The van der Waals surface area contributed by atoms with Gasteiger partial charge >= 0.3 is 5.97 Å². The molecule has 10 nitrogen and oxygen atoms in total. The number of carboxylic acids is 1. The second kappa shape index (κ2) is 10.5. The summed E-state index contributed by atoms with van der Waals surface area (Å²) < 4.78 is 39.5. The maximum Gasteiger partial charge on any atom is 0.341 e. The largest absolute Gasteiger partial charge is 0.477 e. The fourth-order valence-electron chi connectivity index (χ4n) is 4.38. The van der Waals surface area contributed by atoms with Gasteiger partial charge in [0, 0.05) is 37.6 Å². The zero-order chi connectivity index (χ0) is 25.7. The van der Waals surface area contributed by atoms with Gasteiger partial charge in [-0.25, -0.2) is 17.6 Å². The maximum atomic E-state index is 15.2. The number of halogens is 3. The van der Waals surface area contributed by atoms with Gasteiger partial charge in [-0.05, 0) is 31.7 Å². The van der Waals surface area contributed by atoms with Crippen molar-refractivity contribution in [2.75, 3.05) is 30.0 Å². The molecule has 1 saturated carbocycles. The topological polar surface area (TPSA) is 152 Å². The standard InChI is InChI=1S/C22H26ClFN4O6S.ClH/c1-35(33,34)7-5-16(25)21(30)26-11-4-6-27(9-11)19-15(24)8-13-18(17(19)23)28(12-2-3-12)10-14(20(13)29)22(31)32;/h8,10-12,16H,2-7,9,25H2,1H3,(H,26,30)(H,31,32);1H. The number of hydrogen-bond donors (Lipinski definition) is 3. The van der Waals surface area contributed by atoms with Crippen molar-refractivity contribution in [3.8, 4) is 0 Å². The average molecular weight is 565 g/mol. The van der Waals surface area contributed by atoms with E-state index in [2.05, 4.69) is 5.32 Å². The Bertz CT molecular complexity index is 1380. The van der Waals surface area contributed by atoms with Crippen molar-refractivity contribution in [1.29, 1.82) is 0 Å². The Morgan fingerprint density at radius 2 is 2.00 bits per heavy atom. The number of hydrogen-bond acceptors (Lipinski definition) is 7. The number of amides is 1. The van der Waals surface area contributed by atoms with Crippen LogP contribution >= 0.6 is 24.0 Å². The molecular formula is C22H27Cl2FN4O6S. The SMILES string of the molecule is CS(=O)(=O)CCC(N)C(=O)NC1CCN(c2c(F)cc3c(=O)c(C(=O)O)cn(C4CC4)c3c2Cl)C1.Cl. The van der Waals surface area contributed by atoms with Crippen LogP contribution in [-0.4, -0.2) is 67.1 Å². The first-order valence-corrected chi connectivity index (χ1v) is 13.6. The molecule has 1 aromatic heterocycles. The Hall–Kier alpha value is -2.41. The first-order chi connectivity index (χ1) is 16.4. The average Bonchev–Trinajstić information content (AvgIpc) is 3.51. The first kappa shape index (κ1) is 28.2. The Labute approximate surface area is 217 Å². The van der Waals surface area contributed by atoms with Gasteiger partial charge in [-0.15, -0.1) is 12.4 Å². The number of carbonyl (C=O) groups is 2. The molecule has 0 spiro atoms. The molecule has 14 heteroatoms. The highest BCUT2D eigenvalue weighted by Gasteiger charge is 2.33. The molecule has 2 fully saturated rings. The van der Waals surface area contributed by atoms with E-state index in [1.165, 1.54) is 6.20 Å². The number of pyridine rings is 1. The molecule has 2 aliphatic rings.